The summed E-state index contributed by atoms with van der Waals surface area (Å²) >= 11 is 0. The zero-order valence-corrected chi connectivity index (χ0v) is 7.18. The average molecular weight is 152 g/mol. The van der Waals surface area contributed by atoms with Crippen molar-refractivity contribution in [2.75, 3.05) is 0 Å². The molecule has 0 saturated heterocycles. The topological polar surface area (TPSA) is 17.1 Å². The third-order valence-electron chi connectivity index (χ3n) is 3.17. The van der Waals surface area contributed by atoms with Crippen molar-refractivity contribution in [3.8, 4) is 0 Å². The standard InChI is InChI=1S/C10H16O/c1-7-2-8-4-9(3-7)6-10(11)5-8/h7-9H,2-6H2,1H3/t7?,8-,9+. The fraction of sp³-hybridized carbons (Fsp3) is 0.900. The zero-order valence-electron chi connectivity index (χ0n) is 7.18. The molecular formula is C10H16O. The maximum Gasteiger partial charge on any atom is 0.133 e. The van der Waals surface area contributed by atoms with Crippen LogP contribution in [0.25, 0.3) is 0 Å². The van der Waals surface area contributed by atoms with E-state index in [0.717, 1.165) is 30.6 Å². The number of ketones is 1. The quantitative estimate of drug-likeness (QED) is 0.521. The first-order chi connectivity index (χ1) is 5.24. The summed E-state index contributed by atoms with van der Waals surface area (Å²) in [6, 6.07) is 0. The van der Waals surface area contributed by atoms with Gasteiger partial charge >= 0.3 is 0 Å². The summed E-state index contributed by atoms with van der Waals surface area (Å²) in [5.41, 5.74) is 0. The molecular weight excluding hydrogens is 136 g/mol. The molecule has 0 heterocycles. The van der Waals surface area contributed by atoms with Crippen LogP contribution in [0.2, 0.25) is 0 Å². The number of Topliss-reactive ketones (excluding diaryl/α,β-unsaturated/α-hetero) is 1. The highest BCUT2D eigenvalue weighted by Gasteiger charge is 2.33. The van der Waals surface area contributed by atoms with Crippen molar-refractivity contribution in [2.45, 2.75) is 39.0 Å². The summed E-state index contributed by atoms with van der Waals surface area (Å²) in [6.45, 7) is 2.33. The normalized spacial score (nSPS) is 44.1. The first-order valence-electron chi connectivity index (χ1n) is 4.75. The van der Waals surface area contributed by atoms with Crippen LogP contribution in [-0.2, 0) is 4.79 Å². The van der Waals surface area contributed by atoms with Gasteiger partial charge in [0.25, 0.3) is 0 Å². The molecule has 1 nitrogen and oxygen atoms in total. The molecule has 1 unspecified atom stereocenters. The largest absolute Gasteiger partial charge is 0.300 e. The summed E-state index contributed by atoms with van der Waals surface area (Å²) < 4.78 is 0. The first-order valence-corrected chi connectivity index (χ1v) is 4.75. The maximum absolute atomic E-state index is 11.2. The Balaban J connectivity index is 2.05. The van der Waals surface area contributed by atoms with Gasteiger partial charge in [-0.2, -0.15) is 0 Å². The van der Waals surface area contributed by atoms with Gasteiger partial charge in [0.2, 0.25) is 0 Å². The van der Waals surface area contributed by atoms with E-state index in [1.165, 1.54) is 19.3 Å². The van der Waals surface area contributed by atoms with Gasteiger partial charge in [0.05, 0.1) is 0 Å². The van der Waals surface area contributed by atoms with Gasteiger partial charge in [-0.25, -0.2) is 0 Å². The van der Waals surface area contributed by atoms with Crippen molar-refractivity contribution >= 4 is 5.78 Å². The first kappa shape index (κ1) is 7.33. The van der Waals surface area contributed by atoms with Crippen molar-refractivity contribution < 1.29 is 4.79 Å². The average Bonchev–Trinajstić information content (AvgIpc) is 1.82. The highest BCUT2D eigenvalue weighted by atomic mass is 16.1. The Hall–Kier alpha value is -0.330. The lowest BCUT2D eigenvalue weighted by molar-refractivity contribution is -0.124. The minimum Gasteiger partial charge on any atom is -0.300 e. The minimum absolute atomic E-state index is 0.526. The molecule has 62 valence electrons. The van der Waals surface area contributed by atoms with Gasteiger partial charge in [-0.1, -0.05) is 6.92 Å². The van der Waals surface area contributed by atoms with Crippen molar-refractivity contribution in [3.05, 3.63) is 0 Å². The molecule has 0 spiro atoms. The van der Waals surface area contributed by atoms with Gasteiger partial charge < -0.3 is 0 Å². The van der Waals surface area contributed by atoms with Crippen molar-refractivity contribution in [3.63, 3.8) is 0 Å². The van der Waals surface area contributed by atoms with Crippen LogP contribution in [0, 0.1) is 17.8 Å². The third-order valence-corrected chi connectivity index (χ3v) is 3.17. The van der Waals surface area contributed by atoms with Gasteiger partial charge in [0.1, 0.15) is 5.78 Å². The highest BCUT2D eigenvalue weighted by molar-refractivity contribution is 5.79. The SMILES string of the molecule is CC1C[C@H]2CC(=O)C[C@@H](C1)C2. The van der Waals surface area contributed by atoms with Gasteiger partial charge in [-0.3, -0.25) is 4.79 Å². The van der Waals surface area contributed by atoms with E-state index < -0.39 is 0 Å². The fourth-order valence-electron chi connectivity index (χ4n) is 2.96. The fourth-order valence-corrected chi connectivity index (χ4v) is 2.96. The lowest BCUT2D eigenvalue weighted by Gasteiger charge is -2.36. The van der Waals surface area contributed by atoms with E-state index in [-0.39, 0.29) is 0 Å². The Morgan fingerprint density at radius 3 is 2.18 bits per heavy atom. The van der Waals surface area contributed by atoms with Crippen LogP contribution >= 0.6 is 0 Å². The van der Waals surface area contributed by atoms with Gasteiger partial charge in [-0.05, 0) is 37.0 Å². The van der Waals surface area contributed by atoms with E-state index in [1.807, 2.05) is 0 Å². The lowest BCUT2D eigenvalue weighted by Crippen LogP contribution is -2.30. The van der Waals surface area contributed by atoms with Crippen LogP contribution in [-0.4, -0.2) is 5.78 Å². The predicted molar refractivity (Wildman–Crippen MR) is 44.2 cm³/mol. The van der Waals surface area contributed by atoms with Crippen LogP contribution in [0.1, 0.15) is 39.0 Å². The number of rotatable bonds is 0. The van der Waals surface area contributed by atoms with Crippen molar-refractivity contribution in [2.24, 2.45) is 17.8 Å². The molecule has 2 rings (SSSR count). The van der Waals surface area contributed by atoms with E-state index in [1.54, 1.807) is 0 Å². The van der Waals surface area contributed by atoms with Crippen LogP contribution in [0.15, 0.2) is 0 Å². The molecule has 2 aliphatic carbocycles. The molecule has 2 bridgehead atoms. The Morgan fingerprint density at radius 2 is 1.64 bits per heavy atom. The second-order valence-electron chi connectivity index (χ2n) is 4.49. The molecule has 2 saturated carbocycles. The summed E-state index contributed by atoms with van der Waals surface area (Å²) in [4.78, 5) is 11.2. The zero-order chi connectivity index (χ0) is 7.84. The van der Waals surface area contributed by atoms with E-state index in [4.69, 9.17) is 0 Å². The lowest BCUT2D eigenvalue weighted by atomic mass is 9.68. The Kier molecular flexibility index (Phi) is 1.74. The minimum atomic E-state index is 0.526. The van der Waals surface area contributed by atoms with Crippen LogP contribution in [0.3, 0.4) is 0 Å². The van der Waals surface area contributed by atoms with E-state index in [2.05, 4.69) is 6.92 Å². The molecule has 0 aromatic carbocycles. The second-order valence-corrected chi connectivity index (χ2v) is 4.49. The number of hydrogen-bond donors (Lipinski definition) is 0. The molecule has 3 atom stereocenters. The molecule has 11 heavy (non-hydrogen) atoms. The number of fused-ring (bicyclic) bond motifs is 2. The van der Waals surface area contributed by atoms with Crippen LogP contribution in [0.5, 0.6) is 0 Å². The van der Waals surface area contributed by atoms with Crippen LogP contribution in [0.4, 0.5) is 0 Å². The monoisotopic (exact) mass is 152 g/mol. The number of hydrogen-bond acceptors (Lipinski definition) is 1. The smallest absolute Gasteiger partial charge is 0.133 e. The third kappa shape index (κ3) is 1.47. The second kappa shape index (κ2) is 2.62. The summed E-state index contributed by atoms with van der Waals surface area (Å²) in [5.74, 6) is 2.92. The molecule has 0 aromatic heterocycles. The molecule has 2 aliphatic rings. The van der Waals surface area contributed by atoms with E-state index in [9.17, 15) is 4.79 Å². The molecule has 1 heteroatoms. The molecule has 0 radical (unpaired) electrons. The Morgan fingerprint density at radius 1 is 1.09 bits per heavy atom. The molecule has 0 N–H and O–H groups in total. The molecule has 0 aliphatic heterocycles. The summed E-state index contributed by atoms with van der Waals surface area (Å²) in [5, 5.41) is 0. The van der Waals surface area contributed by atoms with Gasteiger partial charge in [-0.15, -0.1) is 0 Å². The Labute approximate surface area is 68.2 Å². The highest BCUT2D eigenvalue weighted by Crippen LogP contribution is 2.40. The number of carbonyl (C=O) groups is 1. The molecule has 2 fully saturated rings. The van der Waals surface area contributed by atoms with E-state index in [0.29, 0.717) is 5.78 Å². The summed E-state index contributed by atoms with van der Waals surface area (Å²) in [6.07, 6.45) is 5.74. The Bertz CT molecular complexity index is 154. The molecule has 0 aromatic rings. The molecule has 0 amide bonds. The van der Waals surface area contributed by atoms with Crippen LogP contribution < -0.4 is 0 Å². The van der Waals surface area contributed by atoms with Gasteiger partial charge in [0, 0.05) is 12.8 Å². The number of carbonyl (C=O) groups excluding carboxylic acids is 1. The summed E-state index contributed by atoms with van der Waals surface area (Å²) in [7, 11) is 0. The predicted octanol–water partition coefficient (Wildman–Crippen LogP) is 2.40. The van der Waals surface area contributed by atoms with Crippen molar-refractivity contribution in [1.82, 2.24) is 0 Å². The maximum atomic E-state index is 11.2. The van der Waals surface area contributed by atoms with Crippen molar-refractivity contribution in [1.29, 1.82) is 0 Å². The van der Waals surface area contributed by atoms with Gasteiger partial charge in [0.15, 0.2) is 0 Å². The van der Waals surface area contributed by atoms with E-state index >= 15 is 0 Å².